The summed E-state index contributed by atoms with van der Waals surface area (Å²) in [6.45, 7) is 0. The highest BCUT2D eigenvalue weighted by atomic mass is 16.7. The van der Waals surface area contributed by atoms with Gasteiger partial charge in [-0.1, -0.05) is 0 Å². The van der Waals surface area contributed by atoms with Gasteiger partial charge in [0.1, 0.15) is 12.2 Å². The van der Waals surface area contributed by atoms with E-state index in [9.17, 15) is 0 Å². The van der Waals surface area contributed by atoms with E-state index in [4.69, 9.17) is 14.2 Å². The largest absolute Gasteiger partial charge is 0.369 e. The summed E-state index contributed by atoms with van der Waals surface area (Å²) in [6, 6.07) is 0. The normalized spacial score (nSPS) is 69.8. The fourth-order valence-corrected chi connectivity index (χ4v) is 2.56. The molecule has 0 spiro atoms. The van der Waals surface area contributed by atoms with E-state index in [-0.39, 0.29) is 0 Å². The Morgan fingerprint density at radius 2 is 1.09 bits per heavy atom. The van der Waals surface area contributed by atoms with Crippen LogP contribution in [0.15, 0.2) is 0 Å². The number of rotatable bonds is 0. The second-order valence-electron chi connectivity index (χ2n) is 3.96. The van der Waals surface area contributed by atoms with Gasteiger partial charge in [-0.25, -0.2) is 0 Å². The quantitative estimate of drug-likeness (QED) is 0.463. The van der Waals surface area contributed by atoms with Gasteiger partial charge in [0.05, 0.1) is 24.4 Å². The molecule has 0 amide bonds. The van der Waals surface area contributed by atoms with Gasteiger partial charge in [0.25, 0.3) is 0 Å². The van der Waals surface area contributed by atoms with E-state index in [2.05, 4.69) is 0 Å². The van der Waals surface area contributed by atoms with Crippen LogP contribution in [0.5, 0.6) is 0 Å². The number of ether oxygens (including phenoxy) is 3. The number of hydrogen-bond acceptors (Lipinski definition) is 3. The molecule has 3 heteroatoms. The lowest BCUT2D eigenvalue weighted by molar-refractivity contribution is -0.0603. The Bertz CT molecular complexity index is 195. The highest BCUT2D eigenvalue weighted by Gasteiger charge is 2.62. The summed E-state index contributed by atoms with van der Waals surface area (Å²) in [7, 11) is 0. The molecule has 4 aliphatic rings. The van der Waals surface area contributed by atoms with Gasteiger partial charge in [0.15, 0.2) is 0 Å². The molecular formula is C8H10O3. The summed E-state index contributed by atoms with van der Waals surface area (Å²) in [4.78, 5) is 0. The van der Waals surface area contributed by atoms with Crippen LogP contribution in [0.1, 0.15) is 12.8 Å². The third kappa shape index (κ3) is 0.604. The van der Waals surface area contributed by atoms with E-state index in [0.29, 0.717) is 36.6 Å². The lowest BCUT2D eigenvalue weighted by Gasteiger charge is -2.29. The summed E-state index contributed by atoms with van der Waals surface area (Å²) in [5.41, 5.74) is 0. The first-order chi connectivity index (χ1) is 5.42. The van der Waals surface area contributed by atoms with E-state index in [1.165, 1.54) is 0 Å². The highest BCUT2D eigenvalue weighted by Crippen LogP contribution is 2.49. The minimum absolute atomic E-state index is 0.363. The Morgan fingerprint density at radius 1 is 0.636 bits per heavy atom. The van der Waals surface area contributed by atoms with Gasteiger partial charge in [-0.15, -0.1) is 0 Å². The zero-order valence-electron chi connectivity index (χ0n) is 6.10. The maximum atomic E-state index is 5.78. The molecule has 4 fully saturated rings. The van der Waals surface area contributed by atoms with Crippen molar-refractivity contribution in [2.75, 3.05) is 0 Å². The fourth-order valence-electron chi connectivity index (χ4n) is 2.56. The molecule has 6 atom stereocenters. The number of fused-ring (bicyclic) bond motifs is 6. The van der Waals surface area contributed by atoms with Crippen LogP contribution in [-0.4, -0.2) is 36.6 Å². The van der Waals surface area contributed by atoms with Gasteiger partial charge in [0, 0.05) is 12.8 Å². The molecule has 4 heterocycles. The minimum Gasteiger partial charge on any atom is -0.369 e. The van der Waals surface area contributed by atoms with E-state index in [1.807, 2.05) is 0 Å². The number of hydrogen-bond donors (Lipinski definition) is 0. The van der Waals surface area contributed by atoms with E-state index < -0.39 is 0 Å². The summed E-state index contributed by atoms with van der Waals surface area (Å²) in [6.07, 6.45) is 4.76. The minimum atomic E-state index is 0.363. The van der Waals surface area contributed by atoms with Crippen molar-refractivity contribution in [1.82, 2.24) is 0 Å². The fraction of sp³-hybridized carbons (Fsp3) is 1.00. The highest BCUT2D eigenvalue weighted by molar-refractivity contribution is 5.09. The Morgan fingerprint density at radius 3 is 1.64 bits per heavy atom. The van der Waals surface area contributed by atoms with Crippen LogP contribution in [0.25, 0.3) is 0 Å². The van der Waals surface area contributed by atoms with Crippen LogP contribution in [0.2, 0.25) is 0 Å². The van der Waals surface area contributed by atoms with Crippen LogP contribution < -0.4 is 0 Å². The summed E-state index contributed by atoms with van der Waals surface area (Å²) < 4.78 is 16.7. The van der Waals surface area contributed by atoms with E-state index >= 15 is 0 Å². The molecular weight excluding hydrogens is 144 g/mol. The Kier molecular flexibility index (Phi) is 0.746. The van der Waals surface area contributed by atoms with Crippen LogP contribution in [0, 0.1) is 0 Å². The summed E-state index contributed by atoms with van der Waals surface area (Å²) in [5.74, 6) is 0. The third-order valence-corrected chi connectivity index (χ3v) is 3.26. The molecule has 0 N–H and O–H groups in total. The zero-order chi connectivity index (χ0) is 7.00. The van der Waals surface area contributed by atoms with Gasteiger partial charge < -0.3 is 14.2 Å². The second-order valence-corrected chi connectivity index (χ2v) is 3.96. The Balaban J connectivity index is 1.70. The van der Waals surface area contributed by atoms with Gasteiger partial charge in [-0.05, 0) is 0 Å². The van der Waals surface area contributed by atoms with Crippen molar-refractivity contribution in [3.05, 3.63) is 0 Å². The first-order valence-electron chi connectivity index (χ1n) is 4.38. The SMILES string of the molecule is C1C2OC(CC3OC23)C2OC12. The topological polar surface area (TPSA) is 34.3 Å². The lowest BCUT2D eigenvalue weighted by atomic mass is 9.92. The first kappa shape index (κ1) is 5.51. The average molecular weight is 154 g/mol. The molecule has 4 saturated heterocycles. The smallest absolute Gasteiger partial charge is 0.110 e. The number of epoxide rings is 2. The molecule has 4 rings (SSSR count). The monoisotopic (exact) mass is 154 g/mol. The third-order valence-electron chi connectivity index (χ3n) is 3.26. The van der Waals surface area contributed by atoms with Crippen molar-refractivity contribution in [1.29, 1.82) is 0 Å². The molecule has 0 aliphatic carbocycles. The van der Waals surface area contributed by atoms with Crippen molar-refractivity contribution < 1.29 is 14.2 Å². The Labute approximate surface area is 64.6 Å². The molecule has 0 aromatic heterocycles. The molecule has 60 valence electrons. The standard InChI is InChI=1S/C8H10O3/c1-3-7-6(11-7)2-4(9-3)8-5(1)10-8/h3-8H,1-2H2. The zero-order valence-corrected chi connectivity index (χ0v) is 6.10. The molecule has 11 heavy (non-hydrogen) atoms. The van der Waals surface area contributed by atoms with Crippen molar-refractivity contribution >= 4 is 0 Å². The van der Waals surface area contributed by atoms with Crippen molar-refractivity contribution in [2.45, 2.75) is 49.5 Å². The molecule has 0 aromatic rings. The van der Waals surface area contributed by atoms with Crippen LogP contribution in [0.3, 0.4) is 0 Å². The Hall–Kier alpha value is -0.120. The van der Waals surface area contributed by atoms with Crippen LogP contribution in [-0.2, 0) is 14.2 Å². The molecule has 6 unspecified atom stereocenters. The molecule has 2 bridgehead atoms. The molecule has 0 aromatic carbocycles. The van der Waals surface area contributed by atoms with Gasteiger partial charge >= 0.3 is 0 Å². The van der Waals surface area contributed by atoms with Crippen molar-refractivity contribution in [3.63, 3.8) is 0 Å². The van der Waals surface area contributed by atoms with Crippen molar-refractivity contribution in [3.8, 4) is 0 Å². The molecule has 3 nitrogen and oxygen atoms in total. The maximum absolute atomic E-state index is 5.78. The van der Waals surface area contributed by atoms with Crippen LogP contribution in [0.4, 0.5) is 0 Å². The maximum Gasteiger partial charge on any atom is 0.110 e. The van der Waals surface area contributed by atoms with E-state index in [1.54, 1.807) is 0 Å². The van der Waals surface area contributed by atoms with Gasteiger partial charge in [-0.2, -0.15) is 0 Å². The lowest BCUT2D eigenvalue weighted by Crippen LogP contribution is -2.42. The van der Waals surface area contributed by atoms with E-state index in [0.717, 1.165) is 12.8 Å². The molecule has 4 aliphatic heterocycles. The second kappa shape index (κ2) is 1.49. The summed E-state index contributed by atoms with van der Waals surface area (Å²) >= 11 is 0. The average Bonchev–Trinajstić information content (AvgIpc) is 2.73. The predicted molar refractivity (Wildman–Crippen MR) is 35.2 cm³/mol. The predicted octanol–water partition coefficient (Wildman–Crippen LogP) is 0.0824. The van der Waals surface area contributed by atoms with Crippen molar-refractivity contribution in [2.24, 2.45) is 0 Å². The first-order valence-corrected chi connectivity index (χ1v) is 4.38. The molecule has 0 radical (unpaired) electrons. The van der Waals surface area contributed by atoms with Gasteiger partial charge in [-0.3, -0.25) is 0 Å². The van der Waals surface area contributed by atoms with Gasteiger partial charge in [0.2, 0.25) is 0 Å². The summed E-state index contributed by atoms with van der Waals surface area (Å²) in [5, 5.41) is 0. The van der Waals surface area contributed by atoms with Crippen LogP contribution >= 0.6 is 0 Å². The molecule has 0 saturated carbocycles.